The van der Waals surface area contributed by atoms with Gasteiger partial charge in [-0.1, -0.05) is 134 Å². The first-order valence-electron chi connectivity index (χ1n) is 19.9. The van der Waals surface area contributed by atoms with E-state index in [0.29, 0.717) is 38.5 Å². The van der Waals surface area contributed by atoms with Crippen LogP contribution in [0.4, 0.5) is 0 Å². The molecule has 0 amide bonds. The third-order valence-electron chi connectivity index (χ3n) is 9.54. The standard InChI is InChI=1S/C39H71O11P/c1-3-5-7-8-9-10-11-12-13-14-15-16-22-26-39(44)50-33(31-49-51(45,46)47)30-48-38(43)25-21-18-17-20-24-34-35(37(42)29-36(34)41)28-27-32(40)23-19-6-4-2/h17,20,27-28,32-37,40-42H,3-16,18-19,21-26,29-31H2,1-2H3,(H2,45,46,47)/b20-17+,28-27+/t32-,33+,34+,35+,36-,37+/m0/s1. The molecule has 0 aromatic carbocycles. The minimum absolute atomic E-state index is 0.0926. The van der Waals surface area contributed by atoms with E-state index in [1.54, 1.807) is 6.08 Å². The maximum Gasteiger partial charge on any atom is 0.469 e. The molecule has 12 heteroatoms. The molecular formula is C39H71O11P. The number of allylic oxidation sites excluding steroid dienone is 2. The lowest BCUT2D eigenvalue weighted by atomic mass is 9.89. The van der Waals surface area contributed by atoms with Crippen molar-refractivity contribution in [1.82, 2.24) is 0 Å². The Bertz CT molecular complexity index is 998. The van der Waals surface area contributed by atoms with Crippen molar-refractivity contribution in [3.63, 3.8) is 0 Å². The average molecular weight is 747 g/mol. The van der Waals surface area contributed by atoms with Crippen LogP contribution in [-0.2, 0) is 28.2 Å². The normalized spacial score (nSPS) is 20.7. The van der Waals surface area contributed by atoms with E-state index >= 15 is 0 Å². The van der Waals surface area contributed by atoms with Crippen molar-refractivity contribution in [2.24, 2.45) is 11.8 Å². The number of aliphatic hydroxyl groups is 3. The van der Waals surface area contributed by atoms with E-state index in [2.05, 4.69) is 18.4 Å². The molecule has 0 aromatic rings. The summed E-state index contributed by atoms with van der Waals surface area (Å²) >= 11 is 0. The zero-order valence-electron chi connectivity index (χ0n) is 31.6. The summed E-state index contributed by atoms with van der Waals surface area (Å²) in [6.07, 6.45) is 25.7. The van der Waals surface area contributed by atoms with Gasteiger partial charge in [0.05, 0.1) is 24.9 Å². The van der Waals surface area contributed by atoms with E-state index in [9.17, 15) is 29.5 Å². The summed E-state index contributed by atoms with van der Waals surface area (Å²) in [5.41, 5.74) is 0. The van der Waals surface area contributed by atoms with Gasteiger partial charge in [0.2, 0.25) is 0 Å². The Morgan fingerprint density at radius 2 is 1.31 bits per heavy atom. The lowest BCUT2D eigenvalue weighted by Crippen LogP contribution is -2.29. The smallest absolute Gasteiger partial charge is 0.462 e. The van der Waals surface area contributed by atoms with Crippen LogP contribution in [0.5, 0.6) is 0 Å². The van der Waals surface area contributed by atoms with Gasteiger partial charge in [-0.15, -0.1) is 0 Å². The first-order chi connectivity index (χ1) is 24.5. The molecule has 0 aliphatic heterocycles. The number of aliphatic hydroxyl groups excluding tert-OH is 3. The molecule has 51 heavy (non-hydrogen) atoms. The topological polar surface area (TPSA) is 180 Å². The van der Waals surface area contributed by atoms with Crippen LogP contribution in [0.25, 0.3) is 0 Å². The molecule has 0 bridgehead atoms. The predicted molar refractivity (Wildman–Crippen MR) is 200 cm³/mol. The van der Waals surface area contributed by atoms with Crippen LogP contribution in [0.2, 0.25) is 0 Å². The highest BCUT2D eigenvalue weighted by Crippen LogP contribution is 2.37. The van der Waals surface area contributed by atoms with Gasteiger partial charge in [0.1, 0.15) is 6.61 Å². The molecule has 1 saturated carbocycles. The molecule has 0 radical (unpaired) electrons. The van der Waals surface area contributed by atoms with Crippen LogP contribution in [0.15, 0.2) is 24.3 Å². The van der Waals surface area contributed by atoms with Crippen LogP contribution >= 0.6 is 7.82 Å². The highest BCUT2D eigenvalue weighted by Gasteiger charge is 2.39. The number of unbranched alkanes of at least 4 members (excludes halogenated alkanes) is 15. The number of hydrogen-bond acceptors (Lipinski definition) is 9. The fraction of sp³-hybridized carbons (Fsp3) is 0.846. The Morgan fingerprint density at radius 3 is 1.92 bits per heavy atom. The molecule has 0 spiro atoms. The van der Waals surface area contributed by atoms with Gasteiger partial charge in [0, 0.05) is 25.2 Å². The van der Waals surface area contributed by atoms with Crippen LogP contribution in [0.1, 0.15) is 162 Å². The second-order valence-corrected chi connectivity index (χ2v) is 15.5. The van der Waals surface area contributed by atoms with E-state index in [0.717, 1.165) is 38.5 Å². The van der Waals surface area contributed by atoms with Crippen molar-refractivity contribution < 1.29 is 53.3 Å². The molecule has 11 nitrogen and oxygen atoms in total. The third-order valence-corrected chi connectivity index (χ3v) is 10.0. The molecule has 0 unspecified atom stereocenters. The minimum atomic E-state index is -4.81. The molecule has 5 N–H and O–H groups in total. The van der Waals surface area contributed by atoms with E-state index in [4.69, 9.17) is 19.3 Å². The fourth-order valence-corrected chi connectivity index (χ4v) is 6.84. The van der Waals surface area contributed by atoms with Crippen molar-refractivity contribution in [3.8, 4) is 0 Å². The molecule has 1 rings (SSSR count). The Morgan fingerprint density at radius 1 is 0.745 bits per heavy atom. The molecule has 0 aromatic heterocycles. The summed E-state index contributed by atoms with van der Waals surface area (Å²) in [5.74, 6) is -1.47. The van der Waals surface area contributed by atoms with Crippen LogP contribution in [0, 0.1) is 11.8 Å². The van der Waals surface area contributed by atoms with Crippen molar-refractivity contribution >= 4 is 19.8 Å². The van der Waals surface area contributed by atoms with Gasteiger partial charge in [-0.25, -0.2) is 4.57 Å². The largest absolute Gasteiger partial charge is 0.469 e. The van der Waals surface area contributed by atoms with Gasteiger partial charge < -0.3 is 34.6 Å². The van der Waals surface area contributed by atoms with Gasteiger partial charge in [0.25, 0.3) is 0 Å². The summed E-state index contributed by atoms with van der Waals surface area (Å²) in [5, 5.41) is 31.1. The highest BCUT2D eigenvalue weighted by molar-refractivity contribution is 7.46. The number of phosphoric ester groups is 1. The molecule has 298 valence electrons. The first kappa shape index (κ1) is 47.4. The van der Waals surface area contributed by atoms with Crippen LogP contribution < -0.4 is 0 Å². The zero-order chi connectivity index (χ0) is 37.7. The Hall–Kier alpha value is -1.59. The highest BCUT2D eigenvalue weighted by atomic mass is 31.2. The summed E-state index contributed by atoms with van der Waals surface area (Å²) in [4.78, 5) is 42.9. The lowest BCUT2D eigenvalue weighted by molar-refractivity contribution is -0.161. The van der Waals surface area contributed by atoms with Crippen molar-refractivity contribution in [2.45, 2.75) is 186 Å². The summed E-state index contributed by atoms with van der Waals surface area (Å²) in [6.45, 7) is 3.37. The Labute approximate surface area is 307 Å². The van der Waals surface area contributed by atoms with Gasteiger partial charge in [0.15, 0.2) is 6.10 Å². The number of ether oxygens (including phenoxy) is 2. The molecule has 0 heterocycles. The third kappa shape index (κ3) is 25.9. The number of rotatable bonds is 32. The predicted octanol–water partition coefficient (Wildman–Crippen LogP) is 8.00. The number of carbonyl (C=O) groups excluding carboxylic acids is 2. The van der Waals surface area contributed by atoms with Crippen molar-refractivity contribution in [1.29, 1.82) is 0 Å². The second-order valence-electron chi connectivity index (χ2n) is 14.2. The van der Waals surface area contributed by atoms with Gasteiger partial charge >= 0.3 is 19.8 Å². The van der Waals surface area contributed by atoms with Gasteiger partial charge in [-0.3, -0.25) is 14.1 Å². The number of esters is 2. The monoisotopic (exact) mass is 746 g/mol. The zero-order valence-corrected chi connectivity index (χ0v) is 32.5. The molecule has 0 saturated heterocycles. The molecule has 1 aliphatic carbocycles. The maximum atomic E-state index is 12.4. The average Bonchev–Trinajstić information content (AvgIpc) is 3.35. The lowest BCUT2D eigenvalue weighted by Gasteiger charge is -2.19. The quantitative estimate of drug-likeness (QED) is 0.0195. The molecule has 1 aliphatic rings. The van der Waals surface area contributed by atoms with Crippen LogP contribution in [-0.4, -0.2) is 74.7 Å². The first-order valence-corrected chi connectivity index (χ1v) is 21.4. The minimum Gasteiger partial charge on any atom is -0.462 e. The summed E-state index contributed by atoms with van der Waals surface area (Å²) in [6, 6.07) is 0. The number of phosphoric acid groups is 1. The van der Waals surface area contributed by atoms with Crippen molar-refractivity contribution in [2.75, 3.05) is 13.2 Å². The van der Waals surface area contributed by atoms with Gasteiger partial charge in [-0.05, 0) is 38.0 Å². The fourth-order valence-electron chi connectivity index (χ4n) is 6.48. The van der Waals surface area contributed by atoms with Crippen LogP contribution in [0.3, 0.4) is 0 Å². The van der Waals surface area contributed by atoms with E-state index in [1.165, 1.54) is 57.8 Å². The summed E-state index contributed by atoms with van der Waals surface area (Å²) < 4.78 is 26.3. The van der Waals surface area contributed by atoms with Crippen molar-refractivity contribution in [3.05, 3.63) is 24.3 Å². The van der Waals surface area contributed by atoms with Gasteiger partial charge in [-0.2, -0.15) is 0 Å². The Balaban J connectivity index is 2.33. The van der Waals surface area contributed by atoms with E-state index in [1.807, 2.05) is 18.2 Å². The number of hydrogen-bond donors (Lipinski definition) is 5. The molecular weight excluding hydrogens is 675 g/mol. The summed E-state index contributed by atoms with van der Waals surface area (Å²) in [7, 11) is -4.81. The Kier molecular flexibility index (Phi) is 27.7. The van der Waals surface area contributed by atoms with E-state index < -0.39 is 50.8 Å². The van der Waals surface area contributed by atoms with E-state index in [-0.39, 0.29) is 31.3 Å². The second kappa shape index (κ2) is 29.8. The number of carbonyl (C=O) groups is 2. The maximum absolute atomic E-state index is 12.4. The molecule has 6 atom stereocenters. The SMILES string of the molecule is CCCCCCCCCCCCCCCC(=O)O[C@H](COC(=O)CCC/C=C/C[C@@H]1[C@@H](/C=C/[C@@H](O)CCCCC)[C@H](O)C[C@@H]1O)COP(=O)(O)O. The molecule has 1 fully saturated rings.